The maximum Gasteiger partial charge on any atom is 0.312 e. The standard InChI is InChI=1S/C12H25N5O3/c1-7(2)9(13)11(19)17-8(10(18)15-3)5-4-6-16-12(14)20/h7-9H,4-6,13H2,1-3H3,(H,15,18)(H,17,19)(H3,14,16,20)/t8-,9-/m0/s1. The summed E-state index contributed by atoms with van der Waals surface area (Å²) in [6, 6.07) is -1.95. The summed E-state index contributed by atoms with van der Waals surface area (Å²) in [5.41, 5.74) is 10.7. The molecule has 0 aromatic heterocycles. The van der Waals surface area contributed by atoms with E-state index in [1.165, 1.54) is 7.05 Å². The number of nitrogens with one attached hydrogen (secondary N) is 3. The molecular formula is C12H25N5O3. The van der Waals surface area contributed by atoms with Gasteiger partial charge < -0.3 is 27.4 Å². The lowest BCUT2D eigenvalue weighted by Gasteiger charge is -2.21. The van der Waals surface area contributed by atoms with E-state index < -0.39 is 18.1 Å². The van der Waals surface area contributed by atoms with Crippen molar-refractivity contribution in [1.82, 2.24) is 16.0 Å². The van der Waals surface area contributed by atoms with E-state index in [-0.39, 0.29) is 17.7 Å². The summed E-state index contributed by atoms with van der Waals surface area (Å²) < 4.78 is 0. The molecule has 0 spiro atoms. The zero-order valence-electron chi connectivity index (χ0n) is 12.2. The van der Waals surface area contributed by atoms with Crippen molar-refractivity contribution in [2.45, 2.75) is 38.8 Å². The van der Waals surface area contributed by atoms with Crippen LogP contribution in [0.2, 0.25) is 0 Å². The molecule has 0 fully saturated rings. The molecule has 20 heavy (non-hydrogen) atoms. The number of carbonyl (C=O) groups excluding carboxylic acids is 3. The van der Waals surface area contributed by atoms with Gasteiger partial charge in [0, 0.05) is 13.6 Å². The Labute approximate surface area is 119 Å². The predicted octanol–water partition coefficient (Wildman–Crippen LogP) is -1.35. The summed E-state index contributed by atoms with van der Waals surface area (Å²) in [5.74, 6) is -0.679. The molecule has 2 atom stereocenters. The molecular weight excluding hydrogens is 262 g/mol. The van der Waals surface area contributed by atoms with Crippen LogP contribution in [-0.4, -0.2) is 43.5 Å². The van der Waals surface area contributed by atoms with Crippen LogP contribution < -0.4 is 27.4 Å². The molecule has 0 aliphatic heterocycles. The average Bonchev–Trinajstić information content (AvgIpc) is 2.39. The van der Waals surface area contributed by atoms with E-state index in [4.69, 9.17) is 11.5 Å². The predicted molar refractivity (Wildman–Crippen MR) is 75.6 cm³/mol. The quantitative estimate of drug-likeness (QED) is 0.352. The fourth-order valence-corrected chi connectivity index (χ4v) is 1.53. The third kappa shape index (κ3) is 6.93. The van der Waals surface area contributed by atoms with Crippen LogP contribution in [-0.2, 0) is 9.59 Å². The molecule has 0 saturated carbocycles. The normalized spacial score (nSPS) is 13.4. The third-order valence-electron chi connectivity index (χ3n) is 2.87. The highest BCUT2D eigenvalue weighted by Crippen LogP contribution is 2.02. The number of hydrogen-bond donors (Lipinski definition) is 5. The van der Waals surface area contributed by atoms with Crippen molar-refractivity contribution in [3.63, 3.8) is 0 Å². The van der Waals surface area contributed by atoms with Crippen molar-refractivity contribution in [3.8, 4) is 0 Å². The minimum atomic E-state index is -0.674. The first-order valence-electron chi connectivity index (χ1n) is 6.60. The Morgan fingerprint density at radius 1 is 1.15 bits per heavy atom. The highest BCUT2D eigenvalue weighted by Gasteiger charge is 2.24. The van der Waals surface area contributed by atoms with Gasteiger partial charge in [0.2, 0.25) is 11.8 Å². The van der Waals surface area contributed by atoms with Gasteiger partial charge in [0.05, 0.1) is 6.04 Å². The maximum atomic E-state index is 11.9. The minimum Gasteiger partial charge on any atom is -0.357 e. The Morgan fingerprint density at radius 3 is 2.20 bits per heavy atom. The molecule has 8 heteroatoms. The number of rotatable bonds is 8. The van der Waals surface area contributed by atoms with Crippen molar-refractivity contribution in [1.29, 1.82) is 0 Å². The number of urea groups is 1. The second kappa shape index (κ2) is 9.13. The summed E-state index contributed by atoms with van der Waals surface area (Å²) in [6.45, 7) is 4.00. The van der Waals surface area contributed by atoms with Crippen molar-refractivity contribution in [2.24, 2.45) is 17.4 Å². The van der Waals surface area contributed by atoms with E-state index in [1.807, 2.05) is 13.8 Å². The summed E-state index contributed by atoms with van der Waals surface area (Å²) >= 11 is 0. The molecule has 0 aliphatic rings. The lowest BCUT2D eigenvalue weighted by molar-refractivity contribution is -0.130. The van der Waals surface area contributed by atoms with Gasteiger partial charge in [0.1, 0.15) is 6.04 Å². The van der Waals surface area contributed by atoms with Crippen LogP contribution in [0.4, 0.5) is 4.79 Å². The number of primary amides is 1. The molecule has 8 nitrogen and oxygen atoms in total. The first-order valence-corrected chi connectivity index (χ1v) is 6.60. The van der Waals surface area contributed by atoms with E-state index in [9.17, 15) is 14.4 Å². The Hall–Kier alpha value is -1.83. The monoisotopic (exact) mass is 287 g/mol. The second-order valence-corrected chi connectivity index (χ2v) is 4.88. The summed E-state index contributed by atoms with van der Waals surface area (Å²) in [6.07, 6.45) is 0.898. The molecule has 0 rings (SSSR count). The Balaban J connectivity index is 4.39. The van der Waals surface area contributed by atoms with E-state index >= 15 is 0 Å². The molecule has 7 N–H and O–H groups in total. The van der Waals surface area contributed by atoms with Crippen molar-refractivity contribution >= 4 is 17.8 Å². The van der Waals surface area contributed by atoms with Crippen molar-refractivity contribution < 1.29 is 14.4 Å². The van der Waals surface area contributed by atoms with Crippen molar-refractivity contribution in [3.05, 3.63) is 0 Å². The van der Waals surface area contributed by atoms with Gasteiger partial charge in [-0.05, 0) is 18.8 Å². The Morgan fingerprint density at radius 2 is 1.75 bits per heavy atom. The van der Waals surface area contributed by atoms with E-state index in [1.54, 1.807) is 0 Å². The number of carbonyl (C=O) groups is 3. The minimum absolute atomic E-state index is 0.0168. The van der Waals surface area contributed by atoms with Gasteiger partial charge in [0.25, 0.3) is 0 Å². The molecule has 0 unspecified atom stereocenters. The summed E-state index contributed by atoms with van der Waals surface area (Å²) in [5, 5.41) is 7.52. The second-order valence-electron chi connectivity index (χ2n) is 4.88. The number of amides is 4. The van der Waals surface area contributed by atoms with Gasteiger partial charge in [-0.15, -0.1) is 0 Å². The molecule has 0 saturated heterocycles. The number of nitrogens with two attached hydrogens (primary N) is 2. The van der Waals surface area contributed by atoms with E-state index in [0.29, 0.717) is 19.4 Å². The first-order chi connectivity index (χ1) is 9.29. The van der Waals surface area contributed by atoms with E-state index in [2.05, 4.69) is 16.0 Å². The van der Waals surface area contributed by atoms with Crippen molar-refractivity contribution in [2.75, 3.05) is 13.6 Å². The van der Waals surface area contributed by atoms with Gasteiger partial charge in [0.15, 0.2) is 0 Å². The number of hydrogen-bond acceptors (Lipinski definition) is 4. The third-order valence-corrected chi connectivity index (χ3v) is 2.87. The molecule has 0 bridgehead atoms. The van der Waals surface area contributed by atoms with Gasteiger partial charge in [-0.2, -0.15) is 0 Å². The van der Waals surface area contributed by atoms with Gasteiger partial charge in [-0.25, -0.2) is 4.79 Å². The summed E-state index contributed by atoms with van der Waals surface area (Å²) in [7, 11) is 1.49. The van der Waals surface area contributed by atoms with Crippen LogP contribution in [0, 0.1) is 5.92 Å². The molecule has 0 aromatic carbocycles. The van der Waals surface area contributed by atoms with E-state index in [0.717, 1.165) is 0 Å². The molecule has 0 heterocycles. The largest absolute Gasteiger partial charge is 0.357 e. The molecule has 116 valence electrons. The highest BCUT2D eigenvalue weighted by atomic mass is 16.2. The smallest absolute Gasteiger partial charge is 0.312 e. The fraction of sp³-hybridized carbons (Fsp3) is 0.750. The lowest BCUT2D eigenvalue weighted by Crippen LogP contribution is -2.52. The molecule has 0 aromatic rings. The SMILES string of the molecule is CNC(=O)[C@H](CCCNC(N)=O)NC(=O)[C@@H](N)C(C)C. The molecule has 0 aliphatic carbocycles. The number of likely N-dealkylation sites (N-methyl/N-ethyl adjacent to an activating group) is 1. The zero-order valence-corrected chi connectivity index (χ0v) is 12.2. The topological polar surface area (TPSA) is 139 Å². The van der Waals surface area contributed by atoms with Gasteiger partial charge in [-0.3, -0.25) is 9.59 Å². The molecule has 0 radical (unpaired) electrons. The van der Waals surface area contributed by atoms with Crippen LogP contribution in [0.25, 0.3) is 0 Å². The average molecular weight is 287 g/mol. The van der Waals surface area contributed by atoms with Crippen LogP contribution >= 0.6 is 0 Å². The molecule has 4 amide bonds. The Kier molecular flexibility index (Phi) is 8.30. The van der Waals surface area contributed by atoms with Crippen LogP contribution in [0.3, 0.4) is 0 Å². The first kappa shape index (κ1) is 18.2. The van der Waals surface area contributed by atoms with Crippen LogP contribution in [0.5, 0.6) is 0 Å². The Bertz CT molecular complexity index is 346. The van der Waals surface area contributed by atoms with Crippen LogP contribution in [0.15, 0.2) is 0 Å². The highest BCUT2D eigenvalue weighted by molar-refractivity contribution is 5.89. The maximum absolute atomic E-state index is 11.9. The van der Waals surface area contributed by atoms with Crippen LogP contribution in [0.1, 0.15) is 26.7 Å². The fourth-order valence-electron chi connectivity index (χ4n) is 1.53. The summed E-state index contributed by atoms with van der Waals surface area (Å²) in [4.78, 5) is 34.1. The van der Waals surface area contributed by atoms with Gasteiger partial charge >= 0.3 is 6.03 Å². The zero-order chi connectivity index (χ0) is 15.7. The van der Waals surface area contributed by atoms with Gasteiger partial charge in [-0.1, -0.05) is 13.8 Å². The lowest BCUT2D eigenvalue weighted by atomic mass is 10.0.